The zero-order valence-corrected chi connectivity index (χ0v) is 12.8. The number of rotatable bonds is 3. The number of fused-ring (bicyclic) bond motifs is 3. The van der Waals surface area contributed by atoms with Crippen LogP contribution in [0.1, 0.15) is 15.9 Å². The van der Waals surface area contributed by atoms with Crippen LogP contribution < -0.4 is 10.2 Å². The zero-order valence-electron chi connectivity index (χ0n) is 12.8. The number of nitrogens with one attached hydrogen (secondary N) is 1. The van der Waals surface area contributed by atoms with Crippen molar-refractivity contribution < 1.29 is 14.7 Å². The van der Waals surface area contributed by atoms with Crippen molar-refractivity contribution in [2.45, 2.75) is 18.9 Å². The number of nitrogens with zero attached hydrogens (tertiary/aromatic N) is 2. The molecule has 1 fully saturated rings. The molecule has 6 heteroatoms. The third-order valence-corrected chi connectivity index (χ3v) is 4.48. The minimum absolute atomic E-state index is 0.120. The zero-order chi connectivity index (χ0) is 16.7. The molecule has 2 aliphatic heterocycles. The van der Waals surface area contributed by atoms with Crippen molar-refractivity contribution in [3.63, 3.8) is 0 Å². The third kappa shape index (κ3) is 2.23. The van der Waals surface area contributed by atoms with E-state index in [4.69, 9.17) is 0 Å². The summed E-state index contributed by atoms with van der Waals surface area (Å²) >= 11 is 0. The molecular weight excluding hydrogens is 306 g/mol. The monoisotopic (exact) mass is 322 g/mol. The molecule has 0 aliphatic carbocycles. The molecule has 2 aromatic rings. The Morgan fingerprint density at radius 3 is 2.83 bits per heavy atom. The van der Waals surface area contributed by atoms with Gasteiger partial charge in [0.05, 0.1) is 11.3 Å². The lowest BCUT2D eigenvalue weighted by Gasteiger charge is -2.42. The van der Waals surface area contributed by atoms with Crippen molar-refractivity contribution in [1.29, 1.82) is 0 Å². The fraction of sp³-hybridized carbons (Fsp3) is 0.222. The molecule has 2 aromatic carbocycles. The lowest BCUT2D eigenvalue weighted by Crippen LogP contribution is -2.58. The van der Waals surface area contributed by atoms with E-state index in [0.29, 0.717) is 17.8 Å². The molecule has 0 spiro atoms. The first-order valence-corrected chi connectivity index (χ1v) is 7.76. The summed E-state index contributed by atoms with van der Waals surface area (Å²) in [6.07, 6.45) is -0.464. The van der Waals surface area contributed by atoms with E-state index in [1.54, 1.807) is 28.0 Å². The average Bonchev–Trinajstić information content (AvgIpc) is 3.05. The average molecular weight is 322 g/mol. The number of aliphatic carboxylic acids is 1. The summed E-state index contributed by atoms with van der Waals surface area (Å²) in [5, 5.41) is 12.7. The fourth-order valence-electron chi connectivity index (χ4n) is 3.37. The van der Waals surface area contributed by atoms with Crippen LogP contribution in [-0.4, -0.2) is 40.8 Å². The standard InChI is InChI=1S/C18H16N3O3/c22-16-13-8-4-5-9-14(13)21-15(17(23)24)10-19-18(21)20(16)11-12-6-2-1-3-7-12/h1-3,5-9,15,18-19H,10-11H2,(H,23,24). The molecule has 2 aliphatic rings. The molecule has 6 nitrogen and oxygen atoms in total. The van der Waals surface area contributed by atoms with Gasteiger partial charge in [0, 0.05) is 13.1 Å². The van der Waals surface area contributed by atoms with Crippen molar-refractivity contribution in [2.24, 2.45) is 0 Å². The second kappa shape index (κ2) is 5.65. The third-order valence-electron chi connectivity index (χ3n) is 4.48. The Balaban J connectivity index is 1.77. The van der Waals surface area contributed by atoms with Crippen LogP contribution in [0.5, 0.6) is 0 Å². The highest BCUT2D eigenvalue weighted by atomic mass is 16.4. The number of benzene rings is 2. The smallest absolute Gasteiger partial charge is 0.327 e. The molecular formula is C18H16N3O3. The summed E-state index contributed by atoms with van der Waals surface area (Å²) in [4.78, 5) is 28.0. The quantitative estimate of drug-likeness (QED) is 0.891. The summed E-state index contributed by atoms with van der Waals surface area (Å²) in [7, 11) is 0. The van der Waals surface area contributed by atoms with Gasteiger partial charge in [-0.3, -0.25) is 10.1 Å². The highest BCUT2D eigenvalue weighted by molar-refractivity contribution is 6.03. The van der Waals surface area contributed by atoms with Gasteiger partial charge in [0.15, 0.2) is 6.29 Å². The van der Waals surface area contributed by atoms with Gasteiger partial charge < -0.3 is 14.9 Å². The van der Waals surface area contributed by atoms with Crippen molar-refractivity contribution in [1.82, 2.24) is 10.2 Å². The highest BCUT2D eigenvalue weighted by Crippen LogP contribution is 2.34. The Kier molecular flexibility index (Phi) is 3.46. The Labute approximate surface area is 139 Å². The van der Waals surface area contributed by atoms with Crippen molar-refractivity contribution in [2.75, 3.05) is 11.4 Å². The summed E-state index contributed by atoms with van der Waals surface area (Å²) < 4.78 is 0. The lowest BCUT2D eigenvalue weighted by atomic mass is 10.1. The van der Waals surface area contributed by atoms with Crippen LogP contribution in [0.2, 0.25) is 0 Å². The molecule has 1 radical (unpaired) electrons. The van der Waals surface area contributed by atoms with Crippen LogP contribution >= 0.6 is 0 Å². The van der Waals surface area contributed by atoms with Crippen LogP contribution in [0.15, 0.2) is 48.5 Å². The van der Waals surface area contributed by atoms with E-state index >= 15 is 0 Å². The van der Waals surface area contributed by atoms with E-state index in [1.165, 1.54) is 0 Å². The summed E-state index contributed by atoms with van der Waals surface area (Å²) in [6, 6.07) is 17.0. The summed E-state index contributed by atoms with van der Waals surface area (Å²) in [6.45, 7) is 0.700. The van der Waals surface area contributed by atoms with E-state index in [-0.39, 0.29) is 12.5 Å². The fourth-order valence-corrected chi connectivity index (χ4v) is 3.37. The first-order chi connectivity index (χ1) is 11.7. The Morgan fingerprint density at radius 2 is 2.08 bits per heavy atom. The number of carboxylic acid groups (broad SMARTS) is 1. The maximum Gasteiger partial charge on any atom is 0.327 e. The lowest BCUT2D eigenvalue weighted by molar-refractivity contribution is -0.138. The first kappa shape index (κ1) is 14.7. The van der Waals surface area contributed by atoms with Crippen molar-refractivity contribution >= 4 is 17.6 Å². The number of carbonyl (C=O) groups excluding carboxylic acids is 1. The van der Waals surface area contributed by atoms with Gasteiger partial charge in [0.1, 0.15) is 6.04 Å². The molecule has 0 bridgehead atoms. The molecule has 2 N–H and O–H groups in total. The van der Waals surface area contributed by atoms with Crippen LogP contribution in [0.3, 0.4) is 0 Å². The van der Waals surface area contributed by atoms with Crippen molar-refractivity contribution in [3.8, 4) is 0 Å². The number of amides is 1. The summed E-state index contributed by atoms with van der Waals surface area (Å²) in [5.41, 5.74) is 2.12. The Bertz CT molecular complexity index is 793. The van der Waals surface area contributed by atoms with E-state index in [9.17, 15) is 14.7 Å². The van der Waals surface area contributed by atoms with Gasteiger partial charge in [-0.25, -0.2) is 4.79 Å². The van der Waals surface area contributed by atoms with Gasteiger partial charge in [-0.05, 0) is 23.8 Å². The van der Waals surface area contributed by atoms with Gasteiger partial charge in [0.2, 0.25) is 0 Å². The molecule has 2 atom stereocenters. The van der Waals surface area contributed by atoms with Gasteiger partial charge >= 0.3 is 5.97 Å². The van der Waals surface area contributed by atoms with E-state index < -0.39 is 18.3 Å². The molecule has 0 saturated carbocycles. The first-order valence-electron chi connectivity index (χ1n) is 7.76. The molecule has 2 unspecified atom stereocenters. The van der Waals surface area contributed by atoms with Gasteiger partial charge in [-0.2, -0.15) is 0 Å². The second-order valence-corrected chi connectivity index (χ2v) is 5.91. The van der Waals surface area contributed by atoms with Crippen LogP contribution in [0.4, 0.5) is 5.69 Å². The number of carbonyl (C=O) groups is 2. The topological polar surface area (TPSA) is 72.9 Å². The predicted octanol–water partition coefficient (Wildman–Crippen LogP) is 1.29. The number of hydrogen-bond acceptors (Lipinski definition) is 4. The Hall–Kier alpha value is -2.86. The van der Waals surface area contributed by atoms with E-state index in [0.717, 1.165) is 5.56 Å². The SMILES string of the molecule is O=C(O)C1CNC2N(Cc3ccccc3)C(=O)c3c[c]ccc3N12. The molecule has 0 aromatic heterocycles. The van der Waals surface area contributed by atoms with Crippen LogP contribution in [0, 0.1) is 6.07 Å². The molecule has 24 heavy (non-hydrogen) atoms. The van der Waals surface area contributed by atoms with Gasteiger partial charge in [-0.1, -0.05) is 36.4 Å². The minimum atomic E-state index is -0.905. The van der Waals surface area contributed by atoms with Gasteiger partial charge in [-0.15, -0.1) is 0 Å². The van der Waals surface area contributed by atoms with Crippen LogP contribution in [0.25, 0.3) is 0 Å². The second-order valence-electron chi connectivity index (χ2n) is 5.91. The van der Waals surface area contributed by atoms with E-state index in [1.807, 2.05) is 30.3 Å². The normalized spacial score (nSPS) is 22.2. The largest absolute Gasteiger partial charge is 0.480 e. The maximum atomic E-state index is 12.9. The predicted molar refractivity (Wildman–Crippen MR) is 87.3 cm³/mol. The molecule has 121 valence electrons. The maximum absolute atomic E-state index is 12.9. The van der Waals surface area contributed by atoms with E-state index in [2.05, 4.69) is 11.4 Å². The molecule has 4 rings (SSSR count). The number of hydrogen-bond donors (Lipinski definition) is 2. The molecule has 1 amide bonds. The van der Waals surface area contributed by atoms with Crippen LogP contribution in [-0.2, 0) is 11.3 Å². The number of anilines is 1. The number of carboxylic acids is 1. The summed E-state index contributed by atoms with van der Waals surface area (Å²) in [5.74, 6) is -1.02. The Morgan fingerprint density at radius 1 is 1.29 bits per heavy atom. The highest BCUT2D eigenvalue weighted by Gasteiger charge is 2.47. The minimum Gasteiger partial charge on any atom is -0.480 e. The molecule has 1 saturated heterocycles. The van der Waals surface area contributed by atoms with Gasteiger partial charge in [0.25, 0.3) is 5.91 Å². The van der Waals surface area contributed by atoms with Crippen molar-refractivity contribution in [3.05, 3.63) is 65.7 Å². The molecule has 2 heterocycles.